The first-order valence-electron chi connectivity index (χ1n) is 16.0. The number of cyclic esters (lactones) is 1. The third-order valence-corrected chi connectivity index (χ3v) is 9.95. The normalized spacial score (nSPS) is 31.0. The molecule has 3 aliphatic rings. The standard InChI is InChI=1S/C34H56N2O5/c1-8-9-18-29-30(41-29)19-13-11-10-12-15-27-16-14-17-28(40-32(38)36-24-22-35(7)23-25-36)21-20-26(2)33(3,4)34(5,6)31(37)39-27/h10-12,14-15,17,26-30H,8-9,13,16,18-25H2,1-7H3. The van der Waals surface area contributed by atoms with Gasteiger partial charge in [-0.3, -0.25) is 4.79 Å². The van der Waals surface area contributed by atoms with E-state index in [2.05, 4.69) is 45.7 Å². The summed E-state index contributed by atoms with van der Waals surface area (Å²) in [4.78, 5) is 30.5. The Bertz CT molecular complexity index is 931. The number of hydrogen-bond acceptors (Lipinski definition) is 6. The molecule has 41 heavy (non-hydrogen) atoms. The average molecular weight is 573 g/mol. The van der Waals surface area contributed by atoms with Gasteiger partial charge in [-0.2, -0.15) is 0 Å². The zero-order valence-electron chi connectivity index (χ0n) is 26.8. The fourth-order valence-electron chi connectivity index (χ4n) is 5.57. The lowest BCUT2D eigenvalue weighted by Crippen LogP contribution is -2.48. The molecule has 5 unspecified atom stereocenters. The Morgan fingerprint density at radius 1 is 1.07 bits per heavy atom. The lowest BCUT2D eigenvalue weighted by atomic mass is 9.60. The minimum Gasteiger partial charge on any atom is -0.457 e. The monoisotopic (exact) mass is 572 g/mol. The Hall–Kier alpha value is -2.12. The quantitative estimate of drug-likeness (QED) is 0.129. The average Bonchev–Trinajstić information content (AvgIpc) is 3.69. The molecule has 5 atom stereocenters. The minimum absolute atomic E-state index is 0.177. The molecule has 7 heteroatoms. The minimum atomic E-state index is -0.679. The summed E-state index contributed by atoms with van der Waals surface area (Å²) in [5.74, 6) is 0.0423. The van der Waals surface area contributed by atoms with Gasteiger partial charge < -0.3 is 24.0 Å². The Kier molecular flexibility index (Phi) is 12.5. The number of epoxide rings is 1. The Labute approximate surface area is 249 Å². The van der Waals surface area contributed by atoms with Gasteiger partial charge >= 0.3 is 12.1 Å². The van der Waals surface area contributed by atoms with Crippen LogP contribution in [0.15, 0.2) is 36.5 Å². The van der Waals surface area contributed by atoms with Gasteiger partial charge in [-0.25, -0.2) is 4.79 Å². The van der Waals surface area contributed by atoms with Crippen LogP contribution in [0, 0.1) is 16.7 Å². The number of nitrogens with zero attached hydrogens (tertiary/aromatic N) is 2. The molecule has 2 saturated heterocycles. The van der Waals surface area contributed by atoms with Crippen molar-refractivity contribution in [2.45, 2.75) is 117 Å². The number of likely N-dealkylation sites (N-methyl/N-ethyl adjacent to an activating group) is 1. The van der Waals surface area contributed by atoms with Gasteiger partial charge in [0.2, 0.25) is 0 Å². The molecule has 0 radical (unpaired) electrons. The van der Waals surface area contributed by atoms with E-state index in [-0.39, 0.29) is 29.5 Å². The molecule has 0 aliphatic carbocycles. The molecule has 7 nitrogen and oxygen atoms in total. The van der Waals surface area contributed by atoms with Crippen molar-refractivity contribution in [2.75, 3.05) is 33.2 Å². The predicted octanol–water partition coefficient (Wildman–Crippen LogP) is 6.93. The van der Waals surface area contributed by atoms with E-state index in [1.807, 2.05) is 44.2 Å². The molecule has 0 bridgehead atoms. The van der Waals surface area contributed by atoms with Gasteiger partial charge in [-0.1, -0.05) is 64.8 Å². The van der Waals surface area contributed by atoms with E-state index in [0.717, 1.165) is 38.8 Å². The van der Waals surface area contributed by atoms with Crippen LogP contribution in [0.5, 0.6) is 0 Å². The molecule has 0 aromatic heterocycles. The molecule has 0 N–H and O–H groups in total. The molecule has 1 amide bonds. The van der Waals surface area contributed by atoms with Crippen molar-refractivity contribution in [2.24, 2.45) is 16.7 Å². The van der Waals surface area contributed by atoms with Gasteiger partial charge in [0.05, 0.1) is 17.6 Å². The van der Waals surface area contributed by atoms with Crippen molar-refractivity contribution in [3.05, 3.63) is 36.5 Å². The van der Waals surface area contributed by atoms with Gasteiger partial charge in [0.15, 0.2) is 0 Å². The van der Waals surface area contributed by atoms with Crippen LogP contribution in [0.4, 0.5) is 4.79 Å². The van der Waals surface area contributed by atoms with Crippen LogP contribution in [0.3, 0.4) is 0 Å². The molecule has 2 fully saturated rings. The predicted molar refractivity (Wildman–Crippen MR) is 165 cm³/mol. The molecule has 0 aromatic rings. The number of esters is 1. The number of ether oxygens (including phenoxy) is 3. The molecule has 3 aliphatic heterocycles. The third kappa shape index (κ3) is 9.71. The maximum Gasteiger partial charge on any atom is 0.410 e. The zero-order chi connectivity index (χ0) is 30.0. The first-order valence-corrected chi connectivity index (χ1v) is 16.0. The number of piperazine rings is 1. The van der Waals surface area contributed by atoms with E-state index in [1.54, 1.807) is 4.90 Å². The van der Waals surface area contributed by atoms with Crippen LogP contribution >= 0.6 is 0 Å². The van der Waals surface area contributed by atoms with Gasteiger partial charge in [0.1, 0.15) is 12.2 Å². The second-order valence-corrected chi connectivity index (χ2v) is 13.4. The highest BCUT2D eigenvalue weighted by Gasteiger charge is 2.48. The number of amides is 1. The van der Waals surface area contributed by atoms with E-state index in [1.165, 1.54) is 19.3 Å². The van der Waals surface area contributed by atoms with E-state index in [9.17, 15) is 9.59 Å². The fourth-order valence-corrected chi connectivity index (χ4v) is 5.57. The van der Waals surface area contributed by atoms with Gasteiger partial charge in [0.25, 0.3) is 0 Å². The SMILES string of the molecule is CCCCC1OC1CCC=CC=CC1CC=CC(OC(=O)N2CCN(C)CC2)CCC(C)C(C)(C)C(C)(C)C(=O)O1. The summed E-state index contributed by atoms with van der Waals surface area (Å²) < 4.78 is 17.9. The summed E-state index contributed by atoms with van der Waals surface area (Å²) in [6.07, 6.45) is 19.8. The third-order valence-electron chi connectivity index (χ3n) is 9.95. The van der Waals surface area contributed by atoms with Crippen molar-refractivity contribution in [1.29, 1.82) is 0 Å². The second-order valence-electron chi connectivity index (χ2n) is 13.4. The first-order chi connectivity index (χ1) is 19.5. The van der Waals surface area contributed by atoms with Crippen LogP contribution in [0.1, 0.15) is 92.9 Å². The number of rotatable bonds is 9. The maximum absolute atomic E-state index is 13.5. The van der Waals surface area contributed by atoms with Crippen LogP contribution in [0.25, 0.3) is 0 Å². The lowest BCUT2D eigenvalue weighted by Gasteiger charge is -2.44. The number of allylic oxidation sites excluding steroid dienone is 3. The smallest absolute Gasteiger partial charge is 0.410 e. The van der Waals surface area contributed by atoms with E-state index in [4.69, 9.17) is 14.2 Å². The Morgan fingerprint density at radius 2 is 1.78 bits per heavy atom. The summed E-state index contributed by atoms with van der Waals surface area (Å²) in [6, 6.07) is 0. The summed E-state index contributed by atoms with van der Waals surface area (Å²) in [5.41, 5.74) is -0.991. The molecule has 0 spiro atoms. The van der Waals surface area contributed by atoms with E-state index < -0.39 is 11.5 Å². The summed E-state index contributed by atoms with van der Waals surface area (Å²) in [7, 11) is 2.07. The second kappa shape index (κ2) is 15.4. The largest absolute Gasteiger partial charge is 0.457 e. The molecule has 232 valence electrons. The highest BCUT2D eigenvalue weighted by Crippen LogP contribution is 2.47. The van der Waals surface area contributed by atoms with Crippen molar-refractivity contribution < 1.29 is 23.8 Å². The zero-order valence-corrected chi connectivity index (χ0v) is 26.8. The first kappa shape index (κ1) is 33.4. The highest BCUT2D eigenvalue weighted by atomic mass is 16.6. The van der Waals surface area contributed by atoms with Crippen LogP contribution in [0.2, 0.25) is 0 Å². The van der Waals surface area contributed by atoms with Gasteiger partial charge in [-0.15, -0.1) is 0 Å². The van der Waals surface area contributed by atoms with Crippen molar-refractivity contribution in [1.82, 2.24) is 9.80 Å². The number of carbonyl (C=O) groups excluding carboxylic acids is 2. The molecule has 3 heterocycles. The van der Waals surface area contributed by atoms with Crippen molar-refractivity contribution in [3.8, 4) is 0 Å². The Balaban J connectivity index is 1.65. The van der Waals surface area contributed by atoms with Crippen molar-refractivity contribution in [3.63, 3.8) is 0 Å². The number of carbonyl (C=O) groups is 2. The maximum atomic E-state index is 13.5. The van der Waals surface area contributed by atoms with E-state index >= 15 is 0 Å². The summed E-state index contributed by atoms with van der Waals surface area (Å²) in [6.45, 7) is 15.8. The molecule has 3 rings (SSSR count). The number of unbranched alkanes of at least 4 members (excludes halogenated alkanes) is 1. The number of hydrogen-bond donors (Lipinski definition) is 0. The molecule has 0 saturated carbocycles. The molecule has 0 aromatic carbocycles. The van der Waals surface area contributed by atoms with Crippen molar-refractivity contribution >= 4 is 12.1 Å². The fraction of sp³-hybridized carbons (Fsp3) is 0.765. The van der Waals surface area contributed by atoms with Gasteiger partial charge in [0, 0.05) is 32.6 Å². The topological polar surface area (TPSA) is 71.6 Å². The summed E-state index contributed by atoms with van der Waals surface area (Å²) >= 11 is 0. The Morgan fingerprint density at radius 3 is 2.49 bits per heavy atom. The van der Waals surface area contributed by atoms with Crippen LogP contribution in [-0.2, 0) is 19.0 Å². The van der Waals surface area contributed by atoms with Crippen LogP contribution in [-0.4, -0.2) is 79.5 Å². The highest BCUT2D eigenvalue weighted by molar-refractivity contribution is 5.77. The summed E-state index contributed by atoms with van der Waals surface area (Å²) in [5, 5.41) is 0. The lowest BCUT2D eigenvalue weighted by molar-refractivity contribution is -0.167. The molecular weight excluding hydrogens is 516 g/mol. The molecular formula is C34H56N2O5. The van der Waals surface area contributed by atoms with Gasteiger partial charge in [-0.05, 0) is 76.5 Å². The van der Waals surface area contributed by atoms with E-state index in [0.29, 0.717) is 31.7 Å². The van der Waals surface area contributed by atoms with Crippen LogP contribution < -0.4 is 0 Å².